The van der Waals surface area contributed by atoms with E-state index in [1.165, 1.54) is 0 Å². The second-order valence-corrected chi connectivity index (χ2v) is 4.79. The molecule has 0 bridgehead atoms. The minimum atomic E-state index is -0.0282. The second-order valence-electron chi connectivity index (χ2n) is 4.52. The summed E-state index contributed by atoms with van der Waals surface area (Å²) in [7, 11) is 0. The first-order valence-corrected chi connectivity index (χ1v) is 7.40. The number of nitrogens with zero attached hydrogens (tertiary/aromatic N) is 1. The minimum absolute atomic E-state index is 0.0282. The summed E-state index contributed by atoms with van der Waals surface area (Å²) in [5.74, 6) is 0.404. The van der Waals surface area contributed by atoms with Crippen LogP contribution in [0.2, 0.25) is 0 Å². The highest BCUT2D eigenvalue weighted by atomic mass is 35.5. The number of halogens is 1. The van der Waals surface area contributed by atoms with Crippen molar-refractivity contribution in [3.63, 3.8) is 0 Å². The Morgan fingerprint density at radius 2 is 2.11 bits per heavy atom. The zero-order chi connectivity index (χ0) is 14.1. The van der Waals surface area contributed by atoms with Gasteiger partial charge in [0.05, 0.1) is 0 Å². The van der Waals surface area contributed by atoms with Crippen molar-refractivity contribution in [1.82, 2.24) is 10.2 Å². The van der Waals surface area contributed by atoms with Crippen molar-refractivity contribution < 1.29 is 4.79 Å². The first-order valence-electron chi connectivity index (χ1n) is 6.86. The quantitative estimate of drug-likeness (QED) is 0.744. The van der Waals surface area contributed by atoms with E-state index < -0.39 is 0 Å². The number of likely N-dealkylation sites (N-methyl/N-ethyl adjacent to an activating group) is 1. The molecular formula is C15H23ClN2O. The summed E-state index contributed by atoms with van der Waals surface area (Å²) in [5, 5.41) is 2.95. The zero-order valence-corrected chi connectivity index (χ0v) is 12.5. The number of hydrogen-bond donors (Lipinski definition) is 1. The minimum Gasteiger partial charge on any atom is -0.351 e. The Bertz CT molecular complexity index is 395. The summed E-state index contributed by atoms with van der Waals surface area (Å²) in [5.41, 5.74) is 1.65. The van der Waals surface area contributed by atoms with E-state index in [-0.39, 0.29) is 5.91 Å². The average Bonchev–Trinajstić information content (AvgIpc) is 2.46. The maximum absolute atomic E-state index is 12.0. The van der Waals surface area contributed by atoms with Crippen molar-refractivity contribution >= 4 is 17.5 Å². The molecule has 106 valence electrons. The number of nitrogens with one attached hydrogen (secondary N) is 1. The highest BCUT2D eigenvalue weighted by molar-refractivity contribution is 6.17. The maximum atomic E-state index is 12.0. The third kappa shape index (κ3) is 5.62. The van der Waals surface area contributed by atoms with E-state index in [0.717, 1.165) is 31.6 Å². The third-order valence-corrected chi connectivity index (χ3v) is 3.35. The Labute approximate surface area is 120 Å². The molecule has 0 aromatic heterocycles. The van der Waals surface area contributed by atoms with Crippen molar-refractivity contribution in [2.24, 2.45) is 0 Å². The normalized spacial score (nSPS) is 10.7. The zero-order valence-electron chi connectivity index (χ0n) is 11.8. The first kappa shape index (κ1) is 16.0. The van der Waals surface area contributed by atoms with Crippen LogP contribution in [0.15, 0.2) is 24.3 Å². The molecule has 0 heterocycles. The Hall–Kier alpha value is -1.06. The molecule has 4 heteroatoms. The highest BCUT2D eigenvalue weighted by Gasteiger charge is 2.06. The van der Waals surface area contributed by atoms with Crippen molar-refractivity contribution in [3.05, 3.63) is 35.4 Å². The van der Waals surface area contributed by atoms with Crippen LogP contribution in [0.4, 0.5) is 0 Å². The maximum Gasteiger partial charge on any atom is 0.251 e. The number of rotatable bonds is 8. The topological polar surface area (TPSA) is 32.3 Å². The van der Waals surface area contributed by atoms with Crippen LogP contribution in [-0.4, -0.2) is 37.0 Å². The second kappa shape index (κ2) is 8.94. The number of carbonyl (C=O) groups excluding carboxylic acids is 1. The van der Waals surface area contributed by atoms with Gasteiger partial charge in [0, 0.05) is 24.5 Å². The smallest absolute Gasteiger partial charge is 0.251 e. The van der Waals surface area contributed by atoms with Gasteiger partial charge in [-0.2, -0.15) is 0 Å². The van der Waals surface area contributed by atoms with Crippen molar-refractivity contribution in [3.8, 4) is 0 Å². The fraction of sp³-hybridized carbons (Fsp3) is 0.533. The molecule has 0 aliphatic heterocycles. The fourth-order valence-electron chi connectivity index (χ4n) is 1.97. The van der Waals surface area contributed by atoms with E-state index >= 15 is 0 Å². The van der Waals surface area contributed by atoms with E-state index in [4.69, 9.17) is 11.6 Å². The monoisotopic (exact) mass is 282 g/mol. The van der Waals surface area contributed by atoms with E-state index in [2.05, 4.69) is 24.1 Å². The van der Waals surface area contributed by atoms with Gasteiger partial charge < -0.3 is 10.2 Å². The van der Waals surface area contributed by atoms with E-state index in [9.17, 15) is 4.79 Å². The van der Waals surface area contributed by atoms with E-state index in [1.807, 2.05) is 24.3 Å². The Kier molecular flexibility index (Phi) is 7.53. The molecule has 1 N–H and O–H groups in total. The lowest BCUT2D eigenvalue weighted by Gasteiger charge is -2.19. The van der Waals surface area contributed by atoms with Crippen molar-refractivity contribution in [2.75, 3.05) is 26.2 Å². The first-order chi connectivity index (χ1) is 9.21. The summed E-state index contributed by atoms with van der Waals surface area (Å²) in [6, 6.07) is 7.44. The van der Waals surface area contributed by atoms with Gasteiger partial charge in [0.25, 0.3) is 5.91 Å². The van der Waals surface area contributed by atoms with E-state index in [1.54, 1.807) is 0 Å². The molecule has 0 spiro atoms. The summed E-state index contributed by atoms with van der Waals surface area (Å²) in [6.07, 6.45) is 1.14. The number of benzene rings is 1. The number of carbonyl (C=O) groups is 1. The van der Waals surface area contributed by atoms with Gasteiger partial charge in [0.15, 0.2) is 0 Å². The van der Waals surface area contributed by atoms with E-state index in [0.29, 0.717) is 18.0 Å². The number of alkyl halides is 1. The van der Waals surface area contributed by atoms with Gasteiger partial charge in [0.1, 0.15) is 0 Å². The molecule has 0 fully saturated rings. The van der Waals surface area contributed by atoms with Crippen LogP contribution in [0.3, 0.4) is 0 Å². The number of hydrogen-bond acceptors (Lipinski definition) is 2. The summed E-state index contributed by atoms with van der Waals surface area (Å²) in [6.45, 7) is 7.98. The van der Waals surface area contributed by atoms with Crippen LogP contribution in [0.25, 0.3) is 0 Å². The average molecular weight is 283 g/mol. The molecule has 1 rings (SSSR count). The lowest BCUT2D eigenvalue weighted by Crippen LogP contribution is -2.35. The summed E-state index contributed by atoms with van der Waals surface area (Å²) >= 11 is 5.76. The van der Waals surface area contributed by atoms with Gasteiger partial charge in [-0.25, -0.2) is 0 Å². The lowest BCUT2D eigenvalue weighted by atomic mass is 10.1. The van der Waals surface area contributed by atoms with Gasteiger partial charge in [-0.3, -0.25) is 4.79 Å². The van der Waals surface area contributed by atoms with Crippen LogP contribution in [-0.2, 0) is 5.88 Å². The molecule has 0 aliphatic rings. The Morgan fingerprint density at radius 1 is 1.32 bits per heavy atom. The summed E-state index contributed by atoms with van der Waals surface area (Å²) in [4.78, 5) is 14.3. The van der Waals surface area contributed by atoms with Crippen molar-refractivity contribution in [2.45, 2.75) is 26.1 Å². The van der Waals surface area contributed by atoms with Gasteiger partial charge in [-0.15, -0.1) is 11.6 Å². The van der Waals surface area contributed by atoms with Gasteiger partial charge >= 0.3 is 0 Å². The largest absolute Gasteiger partial charge is 0.351 e. The van der Waals surface area contributed by atoms with Crippen LogP contribution in [0.5, 0.6) is 0 Å². The molecule has 1 aromatic carbocycles. The number of amides is 1. The third-order valence-electron chi connectivity index (χ3n) is 3.04. The molecule has 0 atom stereocenters. The molecular weight excluding hydrogens is 260 g/mol. The Balaban J connectivity index is 2.42. The van der Waals surface area contributed by atoms with Crippen molar-refractivity contribution in [1.29, 1.82) is 0 Å². The van der Waals surface area contributed by atoms with Gasteiger partial charge in [-0.1, -0.05) is 26.0 Å². The van der Waals surface area contributed by atoms with Crippen LogP contribution in [0.1, 0.15) is 36.2 Å². The molecule has 0 unspecified atom stereocenters. The molecule has 0 saturated carbocycles. The predicted octanol–water partition coefficient (Wildman–Crippen LogP) is 2.89. The molecule has 0 radical (unpaired) electrons. The van der Waals surface area contributed by atoms with Crippen LogP contribution >= 0.6 is 11.6 Å². The lowest BCUT2D eigenvalue weighted by molar-refractivity contribution is 0.0948. The molecule has 0 aliphatic carbocycles. The van der Waals surface area contributed by atoms with Gasteiger partial charge in [-0.05, 0) is 37.2 Å². The molecule has 1 amide bonds. The van der Waals surface area contributed by atoms with Crippen LogP contribution < -0.4 is 5.32 Å². The Morgan fingerprint density at radius 3 is 2.74 bits per heavy atom. The predicted molar refractivity (Wildman–Crippen MR) is 80.7 cm³/mol. The molecule has 3 nitrogen and oxygen atoms in total. The summed E-state index contributed by atoms with van der Waals surface area (Å²) < 4.78 is 0. The standard InChI is InChI=1S/C15H23ClN2O/c1-3-9-18(4-2)10-8-17-15(19)14-7-5-6-13(11-14)12-16/h5-7,11H,3-4,8-10,12H2,1-2H3,(H,17,19). The molecule has 1 aromatic rings. The SMILES string of the molecule is CCCN(CC)CCNC(=O)c1cccc(CCl)c1. The fourth-order valence-corrected chi connectivity index (χ4v) is 2.14. The van der Waals surface area contributed by atoms with Crippen LogP contribution in [0, 0.1) is 0 Å². The van der Waals surface area contributed by atoms with Gasteiger partial charge in [0.2, 0.25) is 0 Å². The molecule has 19 heavy (non-hydrogen) atoms. The highest BCUT2D eigenvalue weighted by Crippen LogP contribution is 2.07. The molecule has 0 saturated heterocycles.